The van der Waals surface area contributed by atoms with Crippen molar-refractivity contribution in [3.05, 3.63) is 12.2 Å². The standard InChI is InChI=1S/C15H27N3/c1-12(9-16-13-3-4-13)10-18-8-7-14-5-6-15(11-18)17(14)2/h13-16H,1,3-11H2,2H3. The van der Waals surface area contributed by atoms with Crippen LogP contribution >= 0.6 is 0 Å². The molecule has 2 saturated heterocycles. The van der Waals surface area contributed by atoms with Crippen LogP contribution in [0.15, 0.2) is 12.2 Å². The zero-order valence-corrected chi connectivity index (χ0v) is 11.7. The average molecular weight is 249 g/mol. The smallest absolute Gasteiger partial charge is 0.0223 e. The van der Waals surface area contributed by atoms with Gasteiger partial charge in [0.15, 0.2) is 0 Å². The third-order valence-electron chi connectivity index (χ3n) is 4.90. The molecule has 0 spiro atoms. The topological polar surface area (TPSA) is 18.5 Å². The number of nitrogens with one attached hydrogen (secondary N) is 1. The van der Waals surface area contributed by atoms with Crippen LogP contribution in [0.1, 0.15) is 32.1 Å². The van der Waals surface area contributed by atoms with Crippen LogP contribution in [0, 0.1) is 0 Å². The predicted octanol–water partition coefficient (Wildman–Crippen LogP) is 1.46. The molecule has 3 heteroatoms. The molecule has 0 aromatic rings. The van der Waals surface area contributed by atoms with Gasteiger partial charge in [-0.25, -0.2) is 0 Å². The molecule has 0 amide bonds. The maximum absolute atomic E-state index is 4.24. The van der Waals surface area contributed by atoms with E-state index in [1.54, 1.807) is 0 Å². The van der Waals surface area contributed by atoms with Gasteiger partial charge >= 0.3 is 0 Å². The summed E-state index contributed by atoms with van der Waals surface area (Å²) in [7, 11) is 2.31. The normalized spacial score (nSPS) is 33.6. The van der Waals surface area contributed by atoms with E-state index in [1.807, 2.05) is 0 Å². The Balaban J connectivity index is 1.46. The zero-order chi connectivity index (χ0) is 12.5. The van der Waals surface area contributed by atoms with E-state index in [0.717, 1.165) is 31.2 Å². The number of rotatable bonds is 5. The molecule has 3 rings (SSSR count). The Morgan fingerprint density at radius 1 is 1.17 bits per heavy atom. The van der Waals surface area contributed by atoms with Crippen molar-refractivity contribution in [3.63, 3.8) is 0 Å². The number of fused-ring (bicyclic) bond motifs is 2. The highest BCUT2D eigenvalue weighted by Gasteiger charge is 2.34. The molecular formula is C15H27N3. The molecule has 1 aliphatic carbocycles. The van der Waals surface area contributed by atoms with Gasteiger partial charge in [0.25, 0.3) is 0 Å². The van der Waals surface area contributed by atoms with Crippen LogP contribution in [-0.4, -0.2) is 61.2 Å². The van der Waals surface area contributed by atoms with Crippen LogP contribution in [-0.2, 0) is 0 Å². The van der Waals surface area contributed by atoms with Gasteiger partial charge in [-0.3, -0.25) is 9.80 Å². The minimum atomic E-state index is 0.793. The number of nitrogens with zero attached hydrogens (tertiary/aromatic N) is 2. The summed E-state index contributed by atoms with van der Waals surface area (Å²) < 4.78 is 0. The van der Waals surface area contributed by atoms with Crippen LogP contribution in [0.25, 0.3) is 0 Å². The van der Waals surface area contributed by atoms with Gasteiger partial charge in [-0.2, -0.15) is 0 Å². The van der Waals surface area contributed by atoms with Crippen LogP contribution in [0.5, 0.6) is 0 Å². The largest absolute Gasteiger partial charge is 0.310 e. The molecule has 102 valence electrons. The van der Waals surface area contributed by atoms with E-state index in [-0.39, 0.29) is 0 Å². The SMILES string of the molecule is C=C(CNC1CC1)CN1CCC2CCC(C1)N2C. The summed E-state index contributed by atoms with van der Waals surface area (Å²) in [5.41, 5.74) is 1.36. The number of likely N-dealkylation sites (tertiary alicyclic amines) is 1. The van der Waals surface area contributed by atoms with Crippen molar-refractivity contribution in [1.82, 2.24) is 15.1 Å². The monoisotopic (exact) mass is 249 g/mol. The van der Waals surface area contributed by atoms with E-state index in [0.29, 0.717) is 0 Å². The lowest BCUT2D eigenvalue weighted by Gasteiger charge is -2.26. The molecule has 2 aliphatic heterocycles. The van der Waals surface area contributed by atoms with Crippen LogP contribution in [0.3, 0.4) is 0 Å². The van der Waals surface area contributed by atoms with E-state index in [2.05, 4.69) is 28.7 Å². The second-order valence-electron chi connectivity index (χ2n) is 6.48. The third-order valence-corrected chi connectivity index (χ3v) is 4.90. The van der Waals surface area contributed by atoms with E-state index in [4.69, 9.17) is 0 Å². The lowest BCUT2D eigenvalue weighted by molar-refractivity contribution is 0.226. The van der Waals surface area contributed by atoms with Crippen LogP contribution < -0.4 is 5.32 Å². The van der Waals surface area contributed by atoms with Gasteiger partial charge in [-0.15, -0.1) is 0 Å². The van der Waals surface area contributed by atoms with Crippen LogP contribution in [0.2, 0.25) is 0 Å². The first-order chi connectivity index (χ1) is 8.72. The molecule has 0 radical (unpaired) electrons. The van der Waals surface area contributed by atoms with E-state index in [1.165, 1.54) is 50.8 Å². The minimum absolute atomic E-state index is 0.793. The maximum Gasteiger partial charge on any atom is 0.0223 e. The lowest BCUT2D eigenvalue weighted by atomic mass is 10.1. The van der Waals surface area contributed by atoms with Gasteiger partial charge in [0.05, 0.1) is 0 Å². The van der Waals surface area contributed by atoms with Gasteiger partial charge in [-0.05, 0) is 44.7 Å². The van der Waals surface area contributed by atoms with Crippen molar-refractivity contribution in [3.8, 4) is 0 Å². The fourth-order valence-corrected chi connectivity index (χ4v) is 3.47. The Labute approximate surface area is 111 Å². The fourth-order valence-electron chi connectivity index (χ4n) is 3.47. The second kappa shape index (κ2) is 5.32. The van der Waals surface area contributed by atoms with E-state index < -0.39 is 0 Å². The third kappa shape index (κ3) is 2.95. The molecule has 0 aromatic carbocycles. The Morgan fingerprint density at radius 3 is 2.72 bits per heavy atom. The Morgan fingerprint density at radius 2 is 1.94 bits per heavy atom. The number of hydrogen-bond donors (Lipinski definition) is 1. The maximum atomic E-state index is 4.24. The Hall–Kier alpha value is -0.380. The van der Waals surface area contributed by atoms with Crippen molar-refractivity contribution in [2.24, 2.45) is 0 Å². The highest BCUT2D eigenvalue weighted by atomic mass is 15.3. The molecule has 3 nitrogen and oxygen atoms in total. The fraction of sp³-hybridized carbons (Fsp3) is 0.867. The first-order valence-corrected chi connectivity index (χ1v) is 7.56. The summed E-state index contributed by atoms with van der Waals surface area (Å²) in [5, 5.41) is 3.57. The van der Waals surface area contributed by atoms with Gasteiger partial charge in [0.2, 0.25) is 0 Å². The predicted molar refractivity (Wildman–Crippen MR) is 75.8 cm³/mol. The summed E-state index contributed by atoms with van der Waals surface area (Å²) in [6, 6.07) is 2.44. The molecule has 18 heavy (non-hydrogen) atoms. The molecule has 2 heterocycles. The average Bonchev–Trinajstić information content (AvgIpc) is 3.09. The van der Waals surface area contributed by atoms with Crippen molar-refractivity contribution < 1.29 is 0 Å². The van der Waals surface area contributed by atoms with Crippen LogP contribution in [0.4, 0.5) is 0 Å². The molecule has 2 bridgehead atoms. The van der Waals surface area contributed by atoms with E-state index >= 15 is 0 Å². The van der Waals surface area contributed by atoms with Crippen molar-refractivity contribution >= 4 is 0 Å². The zero-order valence-electron chi connectivity index (χ0n) is 11.7. The minimum Gasteiger partial charge on any atom is -0.310 e. The summed E-state index contributed by atoms with van der Waals surface area (Å²) >= 11 is 0. The molecule has 3 fully saturated rings. The van der Waals surface area contributed by atoms with Crippen molar-refractivity contribution in [2.45, 2.75) is 50.2 Å². The quantitative estimate of drug-likeness (QED) is 0.744. The first kappa shape index (κ1) is 12.6. The highest BCUT2D eigenvalue weighted by molar-refractivity contribution is 5.03. The van der Waals surface area contributed by atoms with Crippen molar-refractivity contribution in [2.75, 3.05) is 33.2 Å². The molecule has 1 N–H and O–H groups in total. The summed E-state index contributed by atoms with van der Waals surface area (Å²) in [5.74, 6) is 0. The molecule has 1 saturated carbocycles. The van der Waals surface area contributed by atoms with Gasteiger partial charge < -0.3 is 5.32 Å². The lowest BCUT2D eigenvalue weighted by Crippen LogP contribution is -2.38. The first-order valence-electron chi connectivity index (χ1n) is 7.56. The van der Waals surface area contributed by atoms with Gasteiger partial charge in [-0.1, -0.05) is 6.58 Å². The molecule has 0 aromatic heterocycles. The van der Waals surface area contributed by atoms with Gasteiger partial charge in [0.1, 0.15) is 0 Å². The van der Waals surface area contributed by atoms with E-state index in [9.17, 15) is 0 Å². The summed E-state index contributed by atoms with van der Waals surface area (Å²) in [6.07, 6.45) is 6.89. The Bertz CT molecular complexity index is 311. The number of hydrogen-bond acceptors (Lipinski definition) is 3. The molecule has 2 atom stereocenters. The molecule has 2 unspecified atom stereocenters. The second-order valence-corrected chi connectivity index (χ2v) is 6.48. The molecular weight excluding hydrogens is 222 g/mol. The Kier molecular flexibility index (Phi) is 3.73. The van der Waals surface area contributed by atoms with Crippen molar-refractivity contribution in [1.29, 1.82) is 0 Å². The highest BCUT2D eigenvalue weighted by Crippen LogP contribution is 2.28. The summed E-state index contributed by atoms with van der Waals surface area (Å²) in [6.45, 7) is 8.86. The molecule has 3 aliphatic rings. The van der Waals surface area contributed by atoms with Gasteiger partial charge in [0, 0.05) is 44.3 Å². The summed E-state index contributed by atoms with van der Waals surface area (Å²) in [4.78, 5) is 5.24. The number of likely N-dealkylation sites (N-methyl/N-ethyl adjacent to an activating group) is 1.